The summed E-state index contributed by atoms with van der Waals surface area (Å²) in [6, 6.07) is 11.9. The van der Waals surface area contributed by atoms with Gasteiger partial charge in [0.2, 0.25) is 17.6 Å². The van der Waals surface area contributed by atoms with Crippen molar-refractivity contribution in [3.8, 4) is 0 Å². The highest BCUT2D eigenvalue weighted by atomic mass is 16.2. The van der Waals surface area contributed by atoms with Crippen molar-refractivity contribution >= 4 is 35.4 Å². The molecule has 0 fully saturated rings. The Morgan fingerprint density at radius 2 is 1.45 bits per heavy atom. The molecule has 42 heavy (non-hydrogen) atoms. The van der Waals surface area contributed by atoms with Crippen LogP contribution in [0.15, 0.2) is 54.6 Å². The number of nitrogens with one attached hydrogen (secondary N) is 4. The average Bonchev–Trinajstić information content (AvgIpc) is 3.28. The molecule has 0 aromatic heterocycles. The smallest absolute Gasteiger partial charge is 0.325 e. The summed E-state index contributed by atoms with van der Waals surface area (Å²) in [6.07, 6.45) is 0. The van der Waals surface area contributed by atoms with Crippen LogP contribution in [0.25, 0.3) is 0 Å². The van der Waals surface area contributed by atoms with E-state index in [2.05, 4.69) is 21.3 Å². The van der Waals surface area contributed by atoms with Gasteiger partial charge in [0.05, 0.1) is 12.6 Å². The number of ketones is 1. The minimum Gasteiger partial charge on any atom is -0.345 e. The van der Waals surface area contributed by atoms with Crippen molar-refractivity contribution in [3.63, 3.8) is 0 Å². The van der Waals surface area contributed by atoms with Crippen molar-refractivity contribution in [1.82, 2.24) is 26.2 Å². The molecule has 1 aliphatic rings. The number of nitrogens with zero attached hydrogens (tertiary/aromatic N) is 1. The van der Waals surface area contributed by atoms with E-state index in [1.165, 1.54) is 6.92 Å². The summed E-state index contributed by atoms with van der Waals surface area (Å²) in [4.78, 5) is 78.6. The van der Waals surface area contributed by atoms with Gasteiger partial charge in [-0.2, -0.15) is 0 Å². The zero-order chi connectivity index (χ0) is 31.2. The predicted molar refractivity (Wildman–Crippen MR) is 156 cm³/mol. The number of imide groups is 1. The van der Waals surface area contributed by atoms with Gasteiger partial charge < -0.3 is 21.3 Å². The molecule has 6 amide bonds. The lowest BCUT2D eigenvalue weighted by atomic mass is 9.86. The summed E-state index contributed by atoms with van der Waals surface area (Å²) in [5.74, 6) is -3.81. The summed E-state index contributed by atoms with van der Waals surface area (Å²) in [5.41, 5.74) is 1.18. The lowest BCUT2D eigenvalue weighted by molar-refractivity contribution is -0.141. The van der Waals surface area contributed by atoms with E-state index in [9.17, 15) is 28.8 Å². The maximum Gasteiger partial charge on any atom is 0.325 e. The molecule has 0 unspecified atom stereocenters. The van der Waals surface area contributed by atoms with Gasteiger partial charge in [0.25, 0.3) is 11.8 Å². The van der Waals surface area contributed by atoms with Crippen LogP contribution >= 0.6 is 0 Å². The zero-order valence-corrected chi connectivity index (χ0v) is 24.8. The first-order valence-electron chi connectivity index (χ1n) is 13.9. The summed E-state index contributed by atoms with van der Waals surface area (Å²) in [6.45, 7) is 10.3. The van der Waals surface area contributed by atoms with E-state index < -0.39 is 64.9 Å². The van der Waals surface area contributed by atoms with E-state index in [1.807, 2.05) is 30.3 Å². The first kappa shape index (κ1) is 32.0. The van der Waals surface area contributed by atoms with E-state index in [4.69, 9.17) is 0 Å². The highest BCUT2D eigenvalue weighted by Gasteiger charge is 2.39. The molecule has 1 heterocycles. The summed E-state index contributed by atoms with van der Waals surface area (Å²) >= 11 is 0. The van der Waals surface area contributed by atoms with Gasteiger partial charge in [-0.05, 0) is 35.4 Å². The van der Waals surface area contributed by atoms with E-state index in [1.54, 1.807) is 58.9 Å². The van der Waals surface area contributed by atoms with Gasteiger partial charge in [-0.3, -0.25) is 28.9 Å². The monoisotopic (exact) mass is 577 g/mol. The Kier molecular flexibility index (Phi) is 10.2. The zero-order valence-electron chi connectivity index (χ0n) is 24.8. The lowest BCUT2D eigenvalue weighted by Crippen LogP contribution is -2.60. The maximum atomic E-state index is 13.3. The Morgan fingerprint density at radius 1 is 0.833 bits per heavy atom. The fourth-order valence-electron chi connectivity index (χ4n) is 4.48. The second kappa shape index (κ2) is 13.4. The molecule has 224 valence electrons. The Balaban J connectivity index is 1.61. The number of fused-ring (bicyclic) bond motifs is 1. The van der Waals surface area contributed by atoms with E-state index in [0.717, 1.165) is 10.5 Å². The van der Waals surface area contributed by atoms with Gasteiger partial charge >= 0.3 is 6.03 Å². The Bertz CT molecular complexity index is 1350. The number of benzene rings is 2. The van der Waals surface area contributed by atoms with Crippen LogP contribution in [0.5, 0.6) is 0 Å². The molecule has 0 saturated carbocycles. The number of urea groups is 1. The third kappa shape index (κ3) is 7.80. The molecule has 2 aromatic rings. The molecule has 3 rings (SSSR count). The Morgan fingerprint density at radius 3 is 2.05 bits per heavy atom. The summed E-state index contributed by atoms with van der Waals surface area (Å²) in [7, 11) is 0. The molecule has 1 aliphatic heterocycles. The summed E-state index contributed by atoms with van der Waals surface area (Å²) in [5, 5.41) is 10.4. The van der Waals surface area contributed by atoms with E-state index >= 15 is 0 Å². The standard InChI is InChI=1S/C31H39N5O6/c1-18(2)23(24(37)27(39)32-16-20-12-8-7-9-13-20)34-26(38)19(3)33-28(40)25(31(4,5)6)35-30(42)36-17-21-14-10-11-15-22(21)29(36)41/h7-15,18-19,23,25H,16-17H2,1-6H3,(H,32,39)(H,33,40)(H,34,38)(H,35,42)/t19-,23-,25+/m0/s1. The number of hydrogen-bond donors (Lipinski definition) is 4. The number of Topliss-reactive ketones (excluding diaryl/α,β-unsaturated/α-hetero) is 1. The minimum absolute atomic E-state index is 0.0850. The van der Waals surface area contributed by atoms with Crippen LogP contribution in [0.2, 0.25) is 0 Å². The third-order valence-corrected chi connectivity index (χ3v) is 6.98. The van der Waals surface area contributed by atoms with Gasteiger partial charge in [0.15, 0.2) is 0 Å². The summed E-state index contributed by atoms with van der Waals surface area (Å²) < 4.78 is 0. The predicted octanol–water partition coefficient (Wildman–Crippen LogP) is 2.30. The fraction of sp³-hybridized carbons (Fsp3) is 0.419. The number of rotatable bonds is 10. The molecule has 11 nitrogen and oxygen atoms in total. The van der Waals surface area contributed by atoms with Gasteiger partial charge in [-0.25, -0.2) is 4.79 Å². The average molecular weight is 578 g/mol. The maximum absolute atomic E-state index is 13.3. The van der Waals surface area contributed by atoms with Crippen LogP contribution in [0.3, 0.4) is 0 Å². The van der Waals surface area contributed by atoms with Gasteiger partial charge in [-0.1, -0.05) is 83.1 Å². The SMILES string of the molecule is CC(C)[C@H](NC(=O)[C@H](C)NC(=O)[C@@H](NC(=O)N1Cc2ccccc2C1=O)C(C)(C)C)C(=O)C(=O)NCc1ccccc1. The number of carbonyl (C=O) groups excluding carboxylic acids is 6. The Hall–Kier alpha value is -4.54. The van der Waals surface area contributed by atoms with E-state index in [0.29, 0.717) is 11.1 Å². The van der Waals surface area contributed by atoms with Crippen molar-refractivity contribution in [1.29, 1.82) is 0 Å². The molecule has 0 aliphatic carbocycles. The lowest BCUT2D eigenvalue weighted by Gasteiger charge is -2.32. The molecular weight excluding hydrogens is 538 g/mol. The van der Waals surface area contributed by atoms with Gasteiger partial charge in [-0.15, -0.1) is 0 Å². The van der Waals surface area contributed by atoms with Crippen LogP contribution in [-0.4, -0.2) is 58.5 Å². The normalized spacial score (nSPS) is 14.8. The Labute approximate surface area is 245 Å². The molecule has 0 bridgehead atoms. The highest BCUT2D eigenvalue weighted by Crippen LogP contribution is 2.24. The third-order valence-electron chi connectivity index (χ3n) is 6.98. The fourth-order valence-corrected chi connectivity index (χ4v) is 4.48. The van der Waals surface area contributed by atoms with Crippen LogP contribution < -0.4 is 21.3 Å². The van der Waals surface area contributed by atoms with Crippen molar-refractivity contribution < 1.29 is 28.8 Å². The van der Waals surface area contributed by atoms with Crippen LogP contribution in [0.1, 0.15) is 63.0 Å². The van der Waals surface area contributed by atoms with Crippen LogP contribution in [-0.2, 0) is 32.3 Å². The quantitative estimate of drug-likeness (QED) is 0.318. The second-order valence-electron chi connectivity index (χ2n) is 11.8. The van der Waals surface area contributed by atoms with Crippen molar-refractivity contribution in [2.24, 2.45) is 11.3 Å². The topological polar surface area (TPSA) is 154 Å². The molecule has 0 radical (unpaired) electrons. The first-order valence-corrected chi connectivity index (χ1v) is 13.9. The second-order valence-corrected chi connectivity index (χ2v) is 11.8. The highest BCUT2D eigenvalue weighted by molar-refractivity contribution is 6.38. The van der Waals surface area contributed by atoms with Crippen LogP contribution in [0.4, 0.5) is 4.79 Å². The number of hydrogen-bond acceptors (Lipinski definition) is 6. The molecule has 0 saturated heterocycles. The van der Waals surface area contributed by atoms with Crippen molar-refractivity contribution in [3.05, 3.63) is 71.3 Å². The minimum atomic E-state index is -1.12. The first-order chi connectivity index (χ1) is 19.7. The molecule has 3 atom stereocenters. The van der Waals surface area contributed by atoms with E-state index in [-0.39, 0.29) is 13.1 Å². The number of carbonyl (C=O) groups is 6. The van der Waals surface area contributed by atoms with Gasteiger partial charge in [0, 0.05) is 12.1 Å². The van der Waals surface area contributed by atoms with Crippen molar-refractivity contribution in [2.45, 2.75) is 72.8 Å². The largest absolute Gasteiger partial charge is 0.345 e. The molecule has 4 N–H and O–H groups in total. The number of amides is 6. The molecule has 2 aromatic carbocycles. The molecule has 11 heteroatoms. The molecular formula is C31H39N5O6. The van der Waals surface area contributed by atoms with Gasteiger partial charge in [0.1, 0.15) is 12.1 Å². The molecule has 0 spiro atoms. The van der Waals surface area contributed by atoms with Crippen LogP contribution in [0, 0.1) is 11.3 Å². The van der Waals surface area contributed by atoms with Crippen molar-refractivity contribution in [2.75, 3.05) is 0 Å².